The lowest BCUT2D eigenvalue weighted by molar-refractivity contribution is 0.249. The summed E-state index contributed by atoms with van der Waals surface area (Å²) in [6.45, 7) is 9.04. The standard InChI is InChI=1S/C12H20BrNS/c1-6-12(3,4)11(14-5)10-7-9(13)8(2)15-10/h7,11,14H,6H2,1-5H3. The van der Waals surface area contributed by atoms with Crippen molar-refractivity contribution in [1.29, 1.82) is 0 Å². The largest absolute Gasteiger partial charge is 0.312 e. The summed E-state index contributed by atoms with van der Waals surface area (Å²) >= 11 is 5.46. The Morgan fingerprint density at radius 2 is 2.13 bits per heavy atom. The van der Waals surface area contributed by atoms with Crippen LogP contribution in [0.1, 0.15) is 43.0 Å². The molecule has 0 spiro atoms. The van der Waals surface area contributed by atoms with Crippen molar-refractivity contribution in [2.45, 2.75) is 40.2 Å². The summed E-state index contributed by atoms with van der Waals surface area (Å²) < 4.78 is 1.23. The third-order valence-corrected chi connectivity index (χ3v) is 5.34. The molecule has 0 aliphatic heterocycles. The molecule has 0 saturated heterocycles. The molecule has 1 aromatic rings. The van der Waals surface area contributed by atoms with Gasteiger partial charge in [0.15, 0.2) is 0 Å². The summed E-state index contributed by atoms with van der Waals surface area (Å²) in [6.07, 6.45) is 1.17. The SMILES string of the molecule is CCC(C)(C)C(NC)c1cc(Br)c(C)s1. The van der Waals surface area contributed by atoms with Crippen molar-refractivity contribution >= 4 is 27.3 Å². The van der Waals surface area contributed by atoms with E-state index in [0.29, 0.717) is 11.5 Å². The molecule has 0 radical (unpaired) electrons. The maximum absolute atomic E-state index is 3.58. The molecule has 1 atom stereocenters. The lowest BCUT2D eigenvalue weighted by Crippen LogP contribution is -2.30. The van der Waals surface area contributed by atoms with Crippen LogP contribution in [-0.4, -0.2) is 7.05 Å². The summed E-state index contributed by atoms with van der Waals surface area (Å²) in [6, 6.07) is 2.69. The monoisotopic (exact) mass is 289 g/mol. The van der Waals surface area contributed by atoms with E-state index < -0.39 is 0 Å². The Morgan fingerprint density at radius 3 is 2.47 bits per heavy atom. The molecule has 0 aromatic carbocycles. The summed E-state index contributed by atoms with van der Waals surface area (Å²) in [4.78, 5) is 2.78. The quantitative estimate of drug-likeness (QED) is 0.860. The minimum Gasteiger partial charge on any atom is -0.312 e. The number of hydrogen-bond acceptors (Lipinski definition) is 2. The second-order valence-corrected chi connectivity index (χ2v) is 6.76. The van der Waals surface area contributed by atoms with Gasteiger partial charge in [-0.25, -0.2) is 0 Å². The molecule has 0 bridgehead atoms. The van der Waals surface area contributed by atoms with Crippen LogP contribution >= 0.6 is 27.3 Å². The maximum atomic E-state index is 3.58. The Morgan fingerprint density at radius 1 is 1.53 bits per heavy atom. The molecule has 15 heavy (non-hydrogen) atoms. The van der Waals surface area contributed by atoms with E-state index in [1.807, 2.05) is 18.4 Å². The first-order valence-corrected chi connectivity index (χ1v) is 6.96. The number of aryl methyl sites for hydroxylation is 1. The smallest absolute Gasteiger partial charge is 0.0464 e. The first-order chi connectivity index (χ1) is 6.92. The van der Waals surface area contributed by atoms with Gasteiger partial charge in [0, 0.05) is 20.3 Å². The second-order valence-electron chi connectivity index (χ2n) is 4.62. The summed E-state index contributed by atoms with van der Waals surface area (Å²) in [5, 5.41) is 3.44. The molecule has 0 aliphatic carbocycles. The number of rotatable bonds is 4. The van der Waals surface area contributed by atoms with Crippen LogP contribution in [0.5, 0.6) is 0 Å². The van der Waals surface area contributed by atoms with Gasteiger partial charge in [-0.3, -0.25) is 0 Å². The summed E-state index contributed by atoms with van der Waals surface area (Å²) in [5.41, 5.74) is 0.297. The van der Waals surface area contributed by atoms with E-state index >= 15 is 0 Å². The molecule has 0 aliphatic rings. The van der Waals surface area contributed by atoms with Crippen molar-refractivity contribution in [2.24, 2.45) is 5.41 Å². The molecule has 86 valence electrons. The number of thiophene rings is 1. The average Bonchev–Trinajstić information content (AvgIpc) is 2.47. The molecule has 3 heteroatoms. The van der Waals surface area contributed by atoms with Crippen molar-refractivity contribution in [1.82, 2.24) is 5.32 Å². The van der Waals surface area contributed by atoms with Gasteiger partial charge in [-0.05, 0) is 47.8 Å². The van der Waals surface area contributed by atoms with Crippen LogP contribution in [0.4, 0.5) is 0 Å². The Kier molecular flexibility index (Phi) is 4.38. The zero-order chi connectivity index (χ0) is 11.6. The number of halogens is 1. The van der Waals surface area contributed by atoms with Crippen molar-refractivity contribution in [2.75, 3.05) is 7.05 Å². The third kappa shape index (κ3) is 2.83. The Balaban J connectivity index is 3.02. The molecule has 1 heterocycles. The fourth-order valence-corrected chi connectivity index (χ4v) is 3.63. The van der Waals surface area contributed by atoms with Crippen LogP contribution in [0.15, 0.2) is 10.5 Å². The Hall–Kier alpha value is 0.140. The molecular weight excluding hydrogens is 270 g/mol. The summed E-state index contributed by atoms with van der Waals surface area (Å²) in [5.74, 6) is 0. The minimum absolute atomic E-state index is 0.297. The van der Waals surface area contributed by atoms with Crippen LogP contribution in [0.3, 0.4) is 0 Å². The Bertz CT molecular complexity index is 311. The van der Waals surface area contributed by atoms with Gasteiger partial charge < -0.3 is 5.32 Å². The summed E-state index contributed by atoms with van der Waals surface area (Å²) in [7, 11) is 2.05. The van der Waals surface area contributed by atoms with E-state index in [-0.39, 0.29) is 0 Å². The first kappa shape index (κ1) is 13.2. The molecule has 0 fully saturated rings. The van der Waals surface area contributed by atoms with Crippen molar-refractivity contribution < 1.29 is 0 Å². The van der Waals surface area contributed by atoms with E-state index in [4.69, 9.17) is 0 Å². The molecular formula is C12H20BrNS. The van der Waals surface area contributed by atoms with Gasteiger partial charge in [-0.2, -0.15) is 0 Å². The fraction of sp³-hybridized carbons (Fsp3) is 0.667. The van der Waals surface area contributed by atoms with Crippen LogP contribution in [0, 0.1) is 12.3 Å². The first-order valence-electron chi connectivity index (χ1n) is 5.35. The van der Waals surface area contributed by atoms with Gasteiger partial charge in [0.1, 0.15) is 0 Å². The van der Waals surface area contributed by atoms with E-state index in [0.717, 1.165) is 0 Å². The normalized spacial score (nSPS) is 14.3. The van der Waals surface area contributed by atoms with Crippen LogP contribution in [0.25, 0.3) is 0 Å². The van der Waals surface area contributed by atoms with Crippen LogP contribution in [-0.2, 0) is 0 Å². The van der Waals surface area contributed by atoms with Gasteiger partial charge in [0.05, 0.1) is 0 Å². The van der Waals surface area contributed by atoms with Crippen molar-refractivity contribution in [3.05, 3.63) is 20.3 Å². The van der Waals surface area contributed by atoms with E-state index in [2.05, 4.69) is 55.0 Å². The minimum atomic E-state index is 0.297. The number of hydrogen-bond donors (Lipinski definition) is 1. The highest BCUT2D eigenvalue weighted by atomic mass is 79.9. The fourth-order valence-electron chi connectivity index (χ4n) is 1.75. The molecule has 1 aromatic heterocycles. The maximum Gasteiger partial charge on any atom is 0.0464 e. The molecule has 1 N–H and O–H groups in total. The van der Waals surface area contributed by atoms with Crippen molar-refractivity contribution in [3.63, 3.8) is 0 Å². The topological polar surface area (TPSA) is 12.0 Å². The highest BCUT2D eigenvalue weighted by Gasteiger charge is 2.29. The van der Waals surface area contributed by atoms with Gasteiger partial charge in [-0.1, -0.05) is 20.8 Å². The number of nitrogens with one attached hydrogen (secondary N) is 1. The van der Waals surface area contributed by atoms with Gasteiger partial charge in [0.2, 0.25) is 0 Å². The molecule has 0 amide bonds. The van der Waals surface area contributed by atoms with Gasteiger partial charge in [-0.15, -0.1) is 11.3 Å². The Labute approximate surface area is 105 Å². The van der Waals surface area contributed by atoms with Crippen LogP contribution in [0.2, 0.25) is 0 Å². The lowest BCUT2D eigenvalue weighted by atomic mass is 9.81. The highest BCUT2D eigenvalue weighted by Crippen LogP contribution is 2.40. The predicted octanol–water partition coefficient (Wildman–Crippen LogP) is 4.52. The molecule has 1 rings (SSSR count). The van der Waals surface area contributed by atoms with Crippen molar-refractivity contribution in [3.8, 4) is 0 Å². The van der Waals surface area contributed by atoms with Gasteiger partial charge in [0.25, 0.3) is 0 Å². The van der Waals surface area contributed by atoms with E-state index in [1.165, 1.54) is 20.6 Å². The van der Waals surface area contributed by atoms with E-state index in [1.54, 1.807) is 0 Å². The zero-order valence-corrected chi connectivity index (χ0v) is 12.6. The molecule has 1 nitrogen and oxygen atoms in total. The third-order valence-electron chi connectivity index (χ3n) is 3.14. The average molecular weight is 290 g/mol. The second kappa shape index (κ2) is 4.98. The highest BCUT2D eigenvalue weighted by molar-refractivity contribution is 9.10. The predicted molar refractivity (Wildman–Crippen MR) is 72.6 cm³/mol. The van der Waals surface area contributed by atoms with Gasteiger partial charge >= 0.3 is 0 Å². The zero-order valence-electron chi connectivity index (χ0n) is 10.1. The van der Waals surface area contributed by atoms with Crippen LogP contribution < -0.4 is 5.32 Å². The molecule has 0 saturated carbocycles. The van der Waals surface area contributed by atoms with E-state index in [9.17, 15) is 0 Å². The lowest BCUT2D eigenvalue weighted by Gasteiger charge is -2.32. The molecule has 1 unspecified atom stereocenters.